The normalized spacial score (nSPS) is 18.2. The van der Waals surface area contributed by atoms with Crippen LogP contribution in [-0.2, 0) is 4.79 Å². The second-order valence-electron chi connectivity index (χ2n) is 9.66. The number of esters is 1. The van der Waals surface area contributed by atoms with Gasteiger partial charge in [0.25, 0.3) is 0 Å². The zero-order valence-corrected chi connectivity index (χ0v) is 21.3. The second kappa shape index (κ2) is 17.4. The molecule has 0 heterocycles. The molecule has 0 aliphatic heterocycles. The van der Waals surface area contributed by atoms with Crippen LogP contribution in [0.4, 0.5) is 13.2 Å². The molecule has 1 aliphatic rings. The number of carbonyl (C=O) groups excluding carboxylic acids is 1. The SMILES string of the molecule is CCCCCCCOc1ccc(OC(=O)C2CCC(C=CCCCCCCCF)CC2)c(F)c1F. The molecule has 1 saturated carbocycles. The Kier molecular flexibility index (Phi) is 14.6. The van der Waals surface area contributed by atoms with Gasteiger partial charge in [-0.15, -0.1) is 0 Å². The van der Waals surface area contributed by atoms with Gasteiger partial charge in [-0.1, -0.05) is 64.0 Å². The first-order valence-corrected chi connectivity index (χ1v) is 13.6. The maximum atomic E-state index is 14.5. The van der Waals surface area contributed by atoms with Gasteiger partial charge < -0.3 is 9.47 Å². The van der Waals surface area contributed by atoms with Crippen LogP contribution in [0.25, 0.3) is 0 Å². The molecule has 35 heavy (non-hydrogen) atoms. The van der Waals surface area contributed by atoms with Crippen LogP contribution in [0.5, 0.6) is 11.5 Å². The molecule has 0 saturated heterocycles. The number of unbranched alkanes of at least 4 members (excludes halogenated alkanes) is 9. The summed E-state index contributed by atoms with van der Waals surface area (Å²) in [4.78, 5) is 12.5. The summed E-state index contributed by atoms with van der Waals surface area (Å²) in [6.07, 6.45) is 18.8. The van der Waals surface area contributed by atoms with Crippen molar-refractivity contribution >= 4 is 5.97 Å². The third kappa shape index (κ3) is 11.1. The van der Waals surface area contributed by atoms with Crippen molar-refractivity contribution < 1.29 is 27.4 Å². The molecule has 0 N–H and O–H groups in total. The highest BCUT2D eigenvalue weighted by atomic mass is 19.2. The highest BCUT2D eigenvalue weighted by Gasteiger charge is 2.28. The molecule has 0 amide bonds. The third-order valence-corrected chi connectivity index (χ3v) is 6.75. The number of carbonyl (C=O) groups is 1. The molecule has 1 aliphatic carbocycles. The van der Waals surface area contributed by atoms with Crippen molar-refractivity contribution in [1.29, 1.82) is 0 Å². The average molecular weight is 497 g/mol. The monoisotopic (exact) mass is 496 g/mol. The molecule has 0 unspecified atom stereocenters. The van der Waals surface area contributed by atoms with Gasteiger partial charge in [0, 0.05) is 0 Å². The van der Waals surface area contributed by atoms with Crippen LogP contribution in [0.15, 0.2) is 24.3 Å². The fourth-order valence-electron chi connectivity index (χ4n) is 4.51. The largest absolute Gasteiger partial charge is 0.490 e. The Morgan fingerprint density at radius 2 is 1.51 bits per heavy atom. The first-order valence-electron chi connectivity index (χ1n) is 13.6. The molecule has 3 nitrogen and oxygen atoms in total. The lowest BCUT2D eigenvalue weighted by atomic mass is 9.82. The summed E-state index contributed by atoms with van der Waals surface area (Å²) in [5.74, 6) is -3.16. The Hall–Kier alpha value is -1.98. The molecule has 0 atom stereocenters. The fraction of sp³-hybridized carbons (Fsp3) is 0.690. The van der Waals surface area contributed by atoms with Crippen LogP contribution in [0, 0.1) is 23.5 Å². The smallest absolute Gasteiger partial charge is 0.314 e. The molecular formula is C29H43F3O3. The third-order valence-electron chi connectivity index (χ3n) is 6.75. The number of hydrogen-bond donors (Lipinski definition) is 0. The predicted octanol–water partition coefficient (Wildman–Crippen LogP) is 8.89. The van der Waals surface area contributed by atoms with Gasteiger partial charge in [-0.25, -0.2) is 0 Å². The van der Waals surface area contributed by atoms with Crippen LogP contribution in [0.1, 0.15) is 103 Å². The first kappa shape index (κ1) is 29.3. The molecule has 1 aromatic rings. The number of halogens is 3. The summed E-state index contributed by atoms with van der Waals surface area (Å²) in [6, 6.07) is 2.60. The maximum Gasteiger partial charge on any atom is 0.314 e. The zero-order valence-electron chi connectivity index (χ0n) is 21.3. The van der Waals surface area contributed by atoms with E-state index in [0.29, 0.717) is 31.8 Å². The quantitative estimate of drug-likeness (QED) is 0.0935. The van der Waals surface area contributed by atoms with Crippen molar-refractivity contribution in [3.8, 4) is 11.5 Å². The van der Waals surface area contributed by atoms with E-state index in [9.17, 15) is 18.0 Å². The second-order valence-corrected chi connectivity index (χ2v) is 9.66. The molecule has 0 spiro atoms. The van der Waals surface area contributed by atoms with E-state index in [4.69, 9.17) is 9.47 Å². The van der Waals surface area contributed by atoms with E-state index in [2.05, 4.69) is 19.1 Å². The molecule has 6 heteroatoms. The van der Waals surface area contributed by atoms with E-state index in [-0.39, 0.29) is 24.1 Å². The van der Waals surface area contributed by atoms with Crippen molar-refractivity contribution in [2.75, 3.05) is 13.3 Å². The number of hydrogen-bond acceptors (Lipinski definition) is 3. The van der Waals surface area contributed by atoms with Crippen molar-refractivity contribution in [2.24, 2.45) is 11.8 Å². The molecular weight excluding hydrogens is 453 g/mol. The van der Waals surface area contributed by atoms with Crippen LogP contribution < -0.4 is 9.47 Å². The first-order chi connectivity index (χ1) is 17.1. The highest BCUT2D eigenvalue weighted by molar-refractivity contribution is 5.75. The minimum Gasteiger partial charge on any atom is -0.490 e. The van der Waals surface area contributed by atoms with Gasteiger partial charge >= 0.3 is 5.97 Å². The Bertz CT molecular complexity index is 758. The zero-order chi connectivity index (χ0) is 25.3. The van der Waals surface area contributed by atoms with Crippen molar-refractivity contribution in [3.63, 3.8) is 0 Å². The standard InChI is InChI=1S/C29H43F3O3/c1-2-3-4-10-13-22-34-25-19-20-26(28(32)27(25)31)35-29(33)24-17-15-23(16-18-24)14-11-8-6-5-7-9-12-21-30/h11,14,19-20,23-24H,2-10,12-13,15-18,21-22H2,1H3. The summed E-state index contributed by atoms with van der Waals surface area (Å²) in [5.41, 5.74) is 0. The van der Waals surface area contributed by atoms with Gasteiger partial charge in [0.2, 0.25) is 11.6 Å². The number of ether oxygens (including phenoxy) is 2. The van der Waals surface area contributed by atoms with Gasteiger partial charge in [-0.3, -0.25) is 9.18 Å². The summed E-state index contributed by atoms with van der Waals surface area (Å²) in [6.45, 7) is 2.25. The lowest BCUT2D eigenvalue weighted by Crippen LogP contribution is -2.25. The van der Waals surface area contributed by atoms with Gasteiger partial charge in [0.15, 0.2) is 11.5 Å². The summed E-state index contributed by atoms with van der Waals surface area (Å²) in [7, 11) is 0. The van der Waals surface area contributed by atoms with Crippen molar-refractivity contribution in [1.82, 2.24) is 0 Å². The van der Waals surface area contributed by atoms with Crippen LogP contribution in [-0.4, -0.2) is 19.3 Å². The van der Waals surface area contributed by atoms with Crippen LogP contribution >= 0.6 is 0 Å². The van der Waals surface area contributed by atoms with E-state index < -0.39 is 17.6 Å². The lowest BCUT2D eigenvalue weighted by molar-refractivity contribution is -0.140. The summed E-state index contributed by atoms with van der Waals surface area (Å²) < 4.78 is 51.5. The average Bonchev–Trinajstić information content (AvgIpc) is 2.87. The Balaban J connectivity index is 1.70. The lowest BCUT2D eigenvalue weighted by Gasteiger charge is -2.25. The fourth-order valence-corrected chi connectivity index (χ4v) is 4.51. The molecule has 1 aromatic carbocycles. The van der Waals surface area contributed by atoms with Gasteiger partial charge in [0.1, 0.15) is 0 Å². The van der Waals surface area contributed by atoms with Gasteiger partial charge in [0.05, 0.1) is 19.2 Å². The molecule has 198 valence electrons. The van der Waals surface area contributed by atoms with Gasteiger partial charge in [-0.2, -0.15) is 8.78 Å². The minimum absolute atomic E-state index is 0.148. The highest BCUT2D eigenvalue weighted by Crippen LogP contribution is 2.33. The van der Waals surface area contributed by atoms with Crippen molar-refractivity contribution in [3.05, 3.63) is 35.9 Å². The van der Waals surface area contributed by atoms with Gasteiger partial charge in [-0.05, 0) is 69.4 Å². The number of alkyl halides is 1. The molecule has 0 bridgehead atoms. The summed E-state index contributed by atoms with van der Waals surface area (Å²) >= 11 is 0. The minimum atomic E-state index is -1.18. The Labute approximate surface area is 209 Å². The van der Waals surface area contributed by atoms with E-state index in [1.807, 2.05) is 0 Å². The van der Waals surface area contributed by atoms with Crippen molar-refractivity contribution in [2.45, 2.75) is 103 Å². The number of rotatable bonds is 17. The Morgan fingerprint density at radius 3 is 2.26 bits per heavy atom. The molecule has 0 radical (unpaired) electrons. The Morgan fingerprint density at radius 1 is 0.886 bits per heavy atom. The molecule has 0 aromatic heterocycles. The van der Waals surface area contributed by atoms with Crippen LogP contribution in [0.2, 0.25) is 0 Å². The van der Waals surface area contributed by atoms with E-state index >= 15 is 0 Å². The van der Waals surface area contributed by atoms with E-state index in [1.54, 1.807) is 0 Å². The van der Waals surface area contributed by atoms with E-state index in [0.717, 1.165) is 77.0 Å². The van der Waals surface area contributed by atoms with Crippen LogP contribution in [0.3, 0.4) is 0 Å². The molecule has 1 fully saturated rings. The number of benzene rings is 1. The maximum absolute atomic E-state index is 14.5. The molecule has 2 rings (SSSR count). The topological polar surface area (TPSA) is 35.5 Å². The summed E-state index contributed by atoms with van der Waals surface area (Å²) in [5, 5.41) is 0. The number of allylic oxidation sites excluding steroid dienone is 2. The van der Waals surface area contributed by atoms with E-state index in [1.165, 1.54) is 12.1 Å². The predicted molar refractivity (Wildman–Crippen MR) is 135 cm³/mol.